The molecule has 2 aliphatic rings. The molecule has 0 unspecified atom stereocenters. The zero-order valence-electron chi connectivity index (χ0n) is 14.3. The van der Waals surface area contributed by atoms with E-state index in [0.29, 0.717) is 12.1 Å². The highest BCUT2D eigenvalue weighted by atomic mass is 16.5. The first-order chi connectivity index (χ1) is 10.8. The molecule has 22 heavy (non-hydrogen) atoms. The van der Waals surface area contributed by atoms with Crippen LogP contribution in [0.2, 0.25) is 0 Å². The van der Waals surface area contributed by atoms with E-state index in [-0.39, 0.29) is 0 Å². The minimum Gasteiger partial charge on any atom is -0.381 e. The Kier molecular flexibility index (Phi) is 8.02. The predicted molar refractivity (Wildman–Crippen MR) is 90.3 cm³/mol. The molecule has 1 heterocycles. The Morgan fingerprint density at radius 2 is 1.86 bits per heavy atom. The Bertz CT molecular complexity index is 322. The van der Waals surface area contributed by atoms with Crippen molar-refractivity contribution in [2.75, 3.05) is 33.4 Å². The van der Waals surface area contributed by atoms with Gasteiger partial charge in [0, 0.05) is 39.5 Å². The number of ether oxygens (including phenoxy) is 2. The summed E-state index contributed by atoms with van der Waals surface area (Å²) in [5.74, 6) is 1.82. The van der Waals surface area contributed by atoms with Gasteiger partial charge in [-0.25, -0.2) is 0 Å². The van der Waals surface area contributed by atoms with Crippen LogP contribution in [-0.4, -0.2) is 51.5 Å². The zero-order valence-corrected chi connectivity index (χ0v) is 14.3. The number of rotatable bonds is 6. The monoisotopic (exact) mass is 311 g/mol. The van der Waals surface area contributed by atoms with Gasteiger partial charge >= 0.3 is 0 Å². The van der Waals surface area contributed by atoms with Crippen molar-refractivity contribution in [1.29, 1.82) is 0 Å². The molecule has 5 heteroatoms. The van der Waals surface area contributed by atoms with Crippen molar-refractivity contribution in [3.8, 4) is 0 Å². The fourth-order valence-corrected chi connectivity index (χ4v) is 3.16. The molecule has 5 nitrogen and oxygen atoms in total. The Balaban J connectivity index is 1.52. The molecule has 0 aromatic rings. The topological polar surface area (TPSA) is 54.9 Å². The molecule has 0 atom stereocenters. The summed E-state index contributed by atoms with van der Waals surface area (Å²) >= 11 is 0. The molecule has 2 N–H and O–H groups in total. The predicted octanol–water partition coefficient (Wildman–Crippen LogP) is 2.32. The minimum atomic E-state index is 0.399. The number of aliphatic imine (C=N–C) groups is 1. The molecular formula is C17H33N3O2. The summed E-state index contributed by atoms with van der Waals surface area (Å²) in [5, 5.41) is 6.95. The highest BCUT2D eigenvalue weighted by Crippen LogP contribution is 2.23. The number of nitrogens with one attached hydrogen (secondary N) is 2. The molecule has 1 saturated carbocycles. The standard InChI is InChI=1S/C17H33N3O2/c1-14-4-6-15(7-5-14)20-17(18-2)19-10-3-11-22-16-8-12-21-13-9-16/h14-16H,3-13H2,1-2H3,(H2,18,19,20). The smallest absolute Gasteiger partial charge is 0.191 e. The molecule has 2 rings (SSSR count). The van der Waals surface area contributed by atoms with Crippen LogP contribution in [0, 0.1) is 5.92 Å². The lowest BCUT2D eigenvalue weighted by molar-refractivity contribution is -0.0320. The summed E-state index contributed by atoms with van der Waals surface area (Å²) in [6, 6.07) is 0.584. The van der Waals surface area contributed by atoms with Crippen molar-refractivity contribution in [3.63, 3.8) is 0 Å². The fraction of sp³-hybridized carbons (Fsp3) is 0.941. The van der Waals surface area contributed by atoms with E-state index in [0.717, 1.165) is 57.5 Å². The first-order valence-corrected chi connectivity index (χ1v) is 8.94. The van der Waals surface area contributed by atoms with Crippen LogP contribution in [0.3, 0.4) is 0 Å². The summed E-state index contributed by atoms with van der Waals surface area (Å²) in [6.45, 7) is 5.77. The van der Waals surface area contributed by atoms with Crippen molar-refractivity contribution in [2.45, 2.75) is 64.0 Å². The van der Waals surface area contributed by atoms with Crippen LogP contribution in [0.15, 0.2) is 4.99 Å². The molecule has 0 radical (unpaired) electrons. The fourth-order valence-electron chi connectivity index (χ4n) is 3.16. The van der Waals surface area contributed by atoms with E-state index in [1.54, 1.807) is 0 Å². The minimum absolute atomic E-state index is 0.399. The van der Waals surface area contributed by atoms with Gasteiger partial charge in [-0.2, -0.15) is 0 Å². The van der Waals surface area contributed by atoms with Gasteiger partial charge in [-0.15, -0.1) is 0 Å². The Hall–Kier alpha value is -0.810. The first-order valence-electron chi connectivity index (χ1n) is 8.94. The number of guanidine groups is 1. The summed E-state index contributed by atoms with van der Waals surface area (Å²) in [5.41, 5.74) is 0. The highest BCUT2D eigenvalue weighted by molar-refractivity contribution is 5.79. The Morgan fingerprint density at radius 3 is 2.55 bits per heavy atom. The van der Waals surface area contributed by atoms with Crippen molar-refractivity contribution < 1.29 is 9.47 Å². The third-order valence-electron chi connectivity index (χ3n) is 4.72. The van der Waals surface area contributed by atoms with E-state index in [2.05, 4.69) is 22.5 Å². The van der Waals surface area contributed by atoms with Gasteiger partial charge in [-0.05, 0) is 50.9 Å². The van der Waals surface area contributed by atoms with E-state index >= 15 is 0 Å². The van der Waals surface area contributed by atoms with Gasteiger partial charge in [0.05, 0.1) is 6.10 Å². The lowest BCUT2D eigenvalue weighted by Gasteiger charge is -2.28. The van der Waals surface area contributed by atoms with Crippen molar-refractivity contribution in [1.82, 2.24) is 10.6 Å². The van der Waals surface area contributed by atoms with Crippen molar-refractivity contribution in [3.05, 3.63) is 0 Å². The third kappa shape index (κ3) is 6.53. The van der Waals surface area contributed by atoms with Gasteiger partial charge in [-0.3, -0.25) is 4.99 Å². The lowest BCUT2D eigenvalue weighted by Crippen LogP contribution is -2.45. The third-order valence-corrected chi connectivity index (χ3v) is 4.72. The maximum absolute atomic E-state index is 5.88. The van der Waals surface area contributed by atoms with Gasteiger partial charge < -0.3 is 20.1 Å². The second-order valence-electron chi connectivity index (χ2n) is 6.64. The summed E-state index contributed by atoms with van der Waals surface area (Å²) in [7, 11) is 1.85. The van der Waals surface area contributed by atoms with E-state index in [9.17, 15) is 0 Å². The van der Waals surface area contributed by atoms with Gasteiger partial charge in [0.15, 0.2) is 5.96 Å². The van der Waals surface area contributed by atoms with Gasteiger partial charge in [0.2, 0.25) is 0 Å². The number of nitrogens with zero attached hydrogens (tertiary/aromatic N) is 1. The second kappa shape index (κ2) is 10.1. The molecule has 2 fully saturated rings. The van der Waals surface area contributed by atoms with E-state index < -0.39 is 0 Å². The summed E-state index contributed by atoms with van der Waals surface area (Å²) < 4.78 is 11.2. The van der Waals surface area contributed by atoms with Crippen LogP contribution < -0.4 is 10.6 Å². The Labute approximate surface area is 135 Å². The van der Waals surface area contributed by atoms with Crippen LogP contribution in [0.1, 0.15) is 51.9 Å². The van der Waals surface area contributed by atoms with Crippen LogP contribution in [0.5, 0.6) is 0 Å². The van der Waals surface area contributed by atoms with Crippen LogP contribution >= 0.6 is 0 Å². The van der Waals surface area contributed by atoms with Gasteiger partial charge in [0.1, 0.15) is 0 Å². The molecule has 0 amide bonds. The number of hydrogen-bond donors (Lipinski definition) is 2. The maximum atomic E-state index is 5.88. The molecular weight excluding hydrogens is 278 g/mol. The molecule has 0 bridgehead atoms. The van der Waals surface area contributed by atoms with E-state index in [4.69, 9.17) is 9.47 Å². The highest BCUT2D eigenvalue weighted by Gasteiger charge is 2.18. The number of hydrogen-bond acceptors (Lipinski definition) is 3. The lowest BCUT2D eigenvalue weighted by atomic mass is 9.87. The van der Waals surface area contributed by atoms with Crippen LogP contribution in [0.4, 0.5) is 0 Å². The molecule has 0 aromatic carbocycles. The average molecular weight is 311 g/mol. The van der Waals surface area contributed by atoms with Crippen LogP contribution in [-0.2, 0) is 9.47 Å². The molecule has 128 valence electrons. The van der Waals surface area contributed by atoms with Crippen LogP contribution in [0.25, 0.3) is 0 Å². The summed E-state index contributed by atoms with van der Waals surface area (Å²) in [6.07, 6.45) is 8.66. The molecule has 0 aromatic heterocycles. The molecule has 1 aliphatic heterocycles. The maximum Gasteiger partial charge on any atom is 0.191 e. The van der Waals surface area contributed by atoms with Crippen molar-refractivity contribution in [2.24, 2.45) is 10.9 Å². The molecule has 1 saturated heterocycles. The largest absolute Gasteiger partial charge is 0.381 e. The van der Waals surface area contributed by atoms with Gasteiger partial charge in [-0.1, -0.05) is 6.92 Å². The average Bonchev–Trinajstić information content (AvgIpc) is 2.56. The molecule has 1 aliphatic carbocycles. The quantitative estimate of drug-likeness (QED) is 0.449. The Morgan fingerprint density at radius 1 is 1.14 bits per heavy atom. The van der Waals surface area contributed by atoms with Crippen molar-refractivity contribution >= 4 is 5.96 Å². The normalized spacial score (nSPS) is 27.6. The SMILES string of the molecule is CN=C(NCCCOC1CCOCC1)NC1CCC(C)CC1. The second-order valence-corrected chi connectivity index (χ2v) is 6.64. The van der Waals surface area contributed by atoms with Gasteiger partial charge in [0.25, 0.3) is 0 Å². The van der Waals surface area contributed by atoms with E-state index in [1.807, 2.05) is 7.05 Å². The zero-order chi connectivity index (χ0) is 15.6. The molecule has 0 spiro atoms. The first kappa shape index (κ1) is 17.5. The summed E-state index contributed by atoms with van der Waals surface area (Å²) in [4.78, 5) is 4.33. The van der Waals surface area contributed by atoms with E-state index in [1.165, 1.54) is 25.7 Å².